The van der Waals surface area contributed by atoms with Crippen molar-refractivity contribution in [1.29, 1.82) is 10.5 Å². The Morgan fingerprint density at radius 2 is 1.51 bits per heavy atom. The summed E-state index contributed by atoms with van der Waals surface area (Å²) in [6.45, 7) is 4.67. The molecule has 0 bridgehead atoms. The van der Waals surface area contributed by atoms with Crippen molar-refractivity contribution in [3.63, 3.8) is 0 Å². The number of hydrogen-bond acceptors (Lipinski definition) is 3. The van der Waals surface area contributed by atoms with Crippen LogP contribution in [0.25, 0.3) is 58.8 Å². The summed E-state index contributed by atoms with van der Waals surface area (Å²) in [5.74, 6) is -0.0205. The van der Waals surface area contributed by atoms with Gasteiger partial charge in [-0.15, -0.1) is 11.3 Å². The Hall–Kier alpha value is -5.42. The SMILES string of the molecule is CC1(C)c2ccccc2-c2c1ccc1c2sc2c(C3CC=CC(C#N)=C3n3c4ccccc4c4cc(C#N)ccc43)cccc21. The van der Waals surface area contributed by atoms with Crippen molar-refractivity contribution in [2.24, 2.45) is 0 Å². The molecule has 0 saturated heterocycles. The van der Waals surface area contributed by atoms with Crippen LogP contribution in [0.3, 0.4) is 0 Å². The maximum Gasteiger partial charge on any atom is 0.101 e. The quantitative estimate of drug-likeness (QED) is 0.200. The first-order valence-electron chi connectivity index (χ1n) is 15.3. The lowest BCUT2D eigenvalue weighted by Crippen LogP contribution is -2.14. The van der Waals surface area contributed by atoms with E-state index in [1.165, 1.54) is 48.0 Å². The van der Waals surface area contributed by atoms with Crippen LogP contribution in [-0.2, 0) is 5.41 Å². The molecule has 7 aromatic rings. The minimum atomic E-state index is -0.0488. The molecule has 0 aliphatic heterocycles. The van der Waals surface area contributed by atoms with Crippen molar-refractivity contribution in [3.05, 3.63) is 137 Å². The van der Waals surface area contributed by atoms with Crippen LogP contribution in [0.5, 0.6) is 0 Å². The summed E-state index contributed by atoms with van der Waals surface area (Å²) in [5.41, 5.74) is 11.0. The fraction of sp³-hybridized carbons (Fsp3) is 0.122. The van der Waals surface area contributed by atoms with Gasteiger partial charge in [0.15, 0.2) is 0 Å². The number of hydrogen-bond donors (Lipinski definition) is 0. The van der Waals surface area contributed by atoms with E-state index in [-0.39, 0.29) is 11.3 Å². The molecule has 3 nitrogen and oxygen atoms in total. The number of nitriles is 2. The van der Waals surface area contributed by atoms with Crippen LogP contribution in [0.4, 0.5) is 0 Å². The Kier molecular flexibility index (Phi) is 5.37. The van der Waals surface area contributed by atoms with Crippen molar-refractivity contribution < 1.29 is 0 Å². The second-order valence-corrected chi connectivity index (χ2v) is 13.7. The smallest absolute Gasteiger partial charge is 0.101 e. The number of thiophene rings is 1. The number of rotatable bonds is 2. The average Bonchev–Trinajstić information content (AvgIpc) is 3.70. The van der Waals surface area contributed by atoms with E-state index in [2.05, 4.69) is 109 Å². The lowest BCUT2D eigenvalue weighted by atomic mass is 9.82. The Balaban J connectivity index is 1.33. The summed E-state index contributed by atoms with van der Waals surface area (Å²) in [5, 5.41) is 24.9. The number of allylic oxidation sites excluding steroid dienone is 4. The van der Waals surface area contributed by atoms with Gasteiger partial charge in [0, 0.05) is 53.5 Å². The van der Waals surface area contributed by atoms with Gasteiger partial charge in [0.05, 0.1) is 28.2 Å². The van der Waals surface area contributed by atoms with Crippen molar-refractivity contribution in [2.75, 3.05) is 0 Å². The number of para-hydroxylation sites is 1. The third-order valence-corrected chi connectivity index (χ3v) is 11.3. The van der Waals surface area contributed by atoms with E-state index in [1.807, 2.05) is 41.7 Å². The minimum Gasteiger partial charge on any atom is -0.311 e. The first kappa shape index (κ1) is 26.0. The molecular formula is C41H27N3S. The standard InChI is InChI=1S/C41H27N3S/c1-41(2)33-15-5-3-11-31(33)37-34(41)19-18-30-29-14-8-13-28(39(29)45-40(30)37)27-12-7-9-25(23-43)38(27)44-35-16-6-4-10-26(35)32-21-24(22-42)17-20-36(32)44/h3-11,13-21,27H,12H2,1-2H3. The van der Waals surface area contributed by atoms with E-state index in [0.29, 0.717) is 11.1 Å². The van der Waals surface area contributed by atoms with E-state index < -0.39 is 0 Å². The molecule has 2 aliphatic rings. The van der Waals surface area contributed by atoms with Crippen LogP contribution in [0.2, 0.25) is 0 Å². The van der Waals surface area contributed by atoms with Gasteiger partial charge < -0.3 is 4.57 Å². The topological polar surface area (TPSA) is 52.5 Å². The first-order chi connectivity index (χ1) is 22.0. The van der Waals surface area contributed by atoms with Gasteiger partial charge in [0.25, 0.3) is 0 Å². The highest BCUT2D eigenvalue weighted by Gasteiger charge is 2.37. The fourth-order valence-corrected chi connectivity index (χ4v) is 9.42. The van der Waals surface area contributed by atoms with Gasteiger partial charge in [-0.05, 0) is 59.0 Å². The lowest BCUT2D eigenvalue weighted by molar-refractivity contribution is 0.661. The first-order valence-corrected chi connectivity index (χ1v) is 16.2. The van der Waals surface area contributed by atoms with Crippen molar-refractivity contribution >= 4 is 59.0 Å². The highest BCUT2D eigenvalue weighted by atomic mass is 32.1. The molecule has 212 valence electrons. The molecule has 2 heterocycles. The van der Waals surface area contributed by atoms with E-state index in [9.17, 15) is 10.5 Å². The van der Waals surface area contributed by atoms with Gasteiger partial charge in [-0.25, -0.2) is 0 Å². The molecule has 0 radical (unpaired) electrons. The number of benzene rings is 5. The Bertz CT molecular complexity index is 2570. The fourth-order valence-electron chi connectivity index (χ4n) is 7.99. The number of nitrogens with zero attached hydrogens (tertiary/aromatic N) is 3. The molecule has 0 spiro atoms. The Morgan fingerprint density at radius 1 is 0.733 bits per heavy atom. The van der Waals surface area contributed by atoms with Crippen LogP contribution in [0.15, 0.2) is 115 Å². The molecule has 1 unspecified atom stereocenters. The summed E-state index contributed by atoms with van der Waals surface area (Å²) in [6.07, 6.45) is 4.93. The van der Waals surface area contributed by atoms with Crippen molar-refractivity contribution in [2.45, 2.75) is 31.6 Å². The molecule has 0 saturated carbocycles. The van der Waals surface area contributed by atoms with Gasteiger partial charge in [-0.1, -0.05) is 92.7 Å². The van der Waals surface area contributed by atoms with Gasteiger partial charge in [0.2, 0.25) is 0 Å². The maximum atomic E-state index is 10.5. The number of aromatic nitrogens is 1. The zero-order valence-electron chi connectivity index (χ0n) is 24.9. The molecule has 4 heteroatoms. The number of fused-ring (bicyclic) bond motifs is 10. The van der Waals surface area contributed by atoms with Gasteiger partial charge in [0.1, 0.15) is 6.07 Å². The summed E-state index contributed by atoms with van der Waals surface area (Å²) in [7, 11) is 0. The molecule has 2 aromatic heterocycles. The van der Waals surface area contributed by atoms with Gasteiger partial charge >= 0.3 is 0 Å². The van der Waals surface area contributed by atoms with E-state index >= 15 is 0 Å². The van der Waals surface area contributed by atoms with E-state index in [1.54, 1.807) is 0 Å². The lowest BCUT2D eigenvalue weighted by Gasteiger charge is -2.26. The second kappa shape index (κ2) is 9.29. The molecule has 2 aliphatic carbocycles. The highest BCUT2D eigenvalue weighted by molar-refractivity contribution is 7.26. The van der Waals surface area contributed by atoms with Crippen LogP contribution in [0, 0.1) is 22.7 Å². The zero-order valence-corrected chi connectivity index (χ0v) is 25.7. The predicted octanol–water partition coefficient (Wildman–Crippen LogP) is 10.8. The molecule has 9 rings (SSSR count). The maximum absolute atomic E-state index is 10.5. The van der Waals surface area contributed by atoms with Gasteiger partial charge in [-0.3, -0.25) is 0 Å². The normalized spacial score (nSPS) is 16.8. The molecule has 5 aromatic carbocycles. The van der Waals surface area contributed by atoms with E-state index in [0.717, 1.165) is 33.9 Å². The van der Waals surface area contributed by atoms with E-state index in [4.69, 9.17) is 0 Å². The molecule has 0 fully saturated rings. The molecular weight excluding hydrogens is 567 g/mol. The summed E-state index contributed by atoms with van der Waals surface area (Å²) >= 11 is 1.90. The monoisotopic (exact) mass is 593 g/mol. The van der Waals surface area contributed by atoms with Crippen LogP contribution < -0.4 is 0 Å². The third kappa shape index (κ3) is 3.44. The summed E-state index contributed by atoms with van der Waals surface area (Å²) in [6, 6.07) is 39.3. The summed E-state index contributed by atoms with van der Waals surface area (Å²) in [4.78, 5) is 0. The van der Waals surface area contributed by atoms with Crippen LogP contribution in [0.1, 0.15) is 48.4 Å². The largest absolute Gasteiger partial charge is 0.311 e. The second-order valence-electron chi connectivity index (χ2n) is 12.7. The van der Waals surface area contributed by atoms with Crippen LogP contribution in [-0.4, -0.2) is 4.57 Å². The van der Waals surface area contributed by atoms with Crippen molar-refractivity contribution in [1.82, 2.24) is 4.57 Å². The molecule has 45 heavy (non-hydrogen) atoms. The van der Waals surface area contributed by atoms with Crippen molar-refractivity contribution in [3.8, 4) is 23.3 Å². The molecule has 0 N–H and O–H groups in total. The Morgan fingerprint density at radius 3 is 2.38 bits per heavy atom. The molecule has 0 amide bonds. The van der Waals surface area contributed by atoms with Crippen LogP contribution >= 0.6 is 11.3 Å². The third-order valence-electron chi connectivity index (χ3n) is 10.0. The molecule has 1 atom stereocenters. The summed E-state index contributed by atoms with van der Waals surface area (Å²) < 4.78 is 4.90. The zero-order chi connectivity index (χ0) is 30.4. The predicted molar refractivity (Wildman–Crippen MR) is 186 cm³/mol. The highest BCUT2D eigenvalue weighted by Crippen LogP contribution is 2.55. The average molecular weight is 594 g/mol. The van der Waals surface area contributed by atoms with Gasteiger partial charge in [-0.2, -0.15) is 10.5 Å². The minimum absolute atomic E-state index is 0.0205. The Labute approximate surface area is 265 Å².